The predicted molar refractivity (Wildman–Crippen MR) is 224 cm³/mol. The summed E-state index contributed by atoms with van der Waals surface area (Å²) in [4.78, 5) is 57.4. The van der Waals surface area contributed by atoms with Crippen molar-refractivity contribution in [3.8, 4) is 5.75 Å². The zero-order valence-electron chi connectivity index (χ0n) is 33.4. The minimum absolute atomic E-state index is 0.0583. The highest BCUT2D eigenvalue weighted by Crippen LogP contribution is 2.60. The third-order valence-corrected chi connectivity index (χ3v) is 16.6. The Labute approximate surface area is 339 Å². The molecule has 304 valence electrons. The van der Waals surface area contributed by atoms with Crippen LogP contribution in [0.5, 0.6) is 5.75 Å². The van der Waals surface area contributed by atoms with Crippen LogP contribution < -0.4 is 25.5 Å². The van der Waals surface area contributed by atoms with Gasteiger partial charge in [-0.1, -0.05) is 79.8 Å². The molecule has 58 heavy (non-hydrogen) atoms. The monoisotopic (exact) mass is 805 g/mol. The summed E-state index contributed by atoms with van der Waals surface area (Å²) in [7, 11) is -1.04. The first-order valence-corrected chi connectivity index (χ1v) is 22.9. The first kappa shape index (κ1) is 40.8. The average Bonchev–Trinajstić information content (AvgIpc) is 3.93. The Morgan fingerprint density at radius 3 is 2.41 bits per heavy atom. The molecule has 3 aliphatic rings. The normalized spacial score (nSPS) is 22.6. The summed E-state index contributed by atoms with van der Waals surface area (Å²) in [5.41, 5.74) is 1.15. The lowest BCUT2D eigenvalue weighted by molar-refractivity contribution is -0.385. The lowest BCUT2D eigenvalue weighted by Gasteiger charge is -2.37. The Morgan fingerprint density at radius 2 is 1.78 bits per heavy atom. The van der Waals surface area contributed by atoms with Gasteiger partial charge in [-0.05, 0) is 66.4 Å². The highest BCUT2D eigenvalue weighted by atomic mass is 28.3. The Balaban J connectivity index is 1.26. The number of nitrogens with one attached hydrogen (secondary N) is 2. The smallest absolute Gasteiger partial charge is 0.269 e. The largest absolute Gasteiger partial charge is 0.497 e. The van der Waals surface area contributed by atoms with E-state index in [0.29, 0.717) is 29.2 Å². The first-order valence-electron chi connectivity index (χ1n) is 19.9. The van der Waals surface area contributed by atoms with E-state index in [0.717, 1.165) is 35.7 Å². The van der Waals surface area contributed by atoms with E-state index in [1.807, 2.05) is 73.7 Å². The average molecular weight is 806 g/mol. The van der Waals surface area contributed by atoms with Crippen LogP contribution in [0.1, 0.15) is 42.9 Å². The van der Waals surface area contributed by atoms with E-state index in [9.17, 15) is 24.8 Å². The van der Waals surface area contributed by atoms with Crippen molar-refractivity contribution in [3.63, 3.8) is 0 Å². The van der Waals surface area contributed by atoms with Crippen molar-refractivity contribution in [2.24, 2.45) is 5.92 Å². The highest BCUT2D eigenvalue weighted by Gasteiger charge is 2.66. The van der Waals surface area contributed by atoms with Crippen molar-refractivity contribution in [1.29, 1.82) is 0 Å². The van der Waals surface area contributed by atoms with Crippen LogP contribution in [0.25, 0.3) is 0 Å². The van der Waals surface area contributed by atoms with Gasteiger partial charge in [0.15, 0.2) is 5.60 Å². The second-order valence-corrected chi connectivity index (χ2v) is 20.8. The number of anilines is 2. The van der Waals surface area contributed by atoms with Crippen LogP contribution >= 0.6 is 0 Å². The van der Waals surface area contributed by atoms with Gasteiger partial charge in [-0.2, -0.15) is 0 Å². The molecule has 0 aromatic heterocycles. The van der Waals surface area contributed by atoms with Crippen LogP contribution in [-0.4, -0.2) is 79.7 Å². The van der Waals surface area contributed by atoms with Gasteiger partial charge in [-0.3, -0.25) is 24.5 Å². The van der Waals surface area contributed by atoms with Crippen LogP contribution in [0, 0.1) is 16.0 Å². The molecule has 3 aliphatic heterocycles. The van der Waals surface area contributed by atoms with Gasteiger partial charge in [0.1, 0.15) is 5.75 Å². The highest BCUT2D eigenvalue weighted by molar-refractivity contribution is 6.91. The molecule has 4 aromatic carbocycles. The van der Waals surface area contributed by atoms with Gasteiger partial charge in [-0.15, -0.1) is 0 Å². The summed E-state index contributed by atoms with van der Waals surface area (Å²) in [6, 6.07) is 29.0. The molecule has 3 heterocycles. The molecule has 0 saturated carbocycles. The summed E-state index contributed by atoms with van der Waals surface area (Å²) < 4.78 is 12.6. The molecular weight excluding hydrogens is 755 g/mol. The number of non-ortho nitro benzene ring substituents is 1. The molecule has 3 amide bonds. The fourth-order valence-corrected chi connectivity index (χ4v) is 13.3. The topological polar surface area (TPSA) is 164 Å². The maximum absolute atomic E-state index is 15.3. The summed E-state index contributed by atoms with van der Waals surface area (Å²) >= 11 is 0. The maximum Gasteiger partial charge on any atom is 0.269 e. The third-order valence-electron chi connectivity index (χ3n) is 12.3. The van der Waals surface area contributed by atoms with E-state index in [2.05, 4.69) is 23.7 Å². The number of methoxy groups -OCH3 is 1. The number of aliphatic hydroxyl groups is 1. The number of rotatable bonds is 14. The van der Waals surface area contributed by atoms with Gasteiger partial charge in [-0.25, -0.2) is 0 Å². The van der Waals surface area contributed by atoms with E-state index in [1.54, 1.807) is 35.1 Å². The lowest BCUT2D eigenvalue weighted by atomic mass is 9.82. The summed E-state index contributed by atoms with van der Waals surface area (Å²) in [5.74, 6) is -0.468. The number of nitrogens with zero attached hydrogens (tertiary/aromatic N) is 3. The van der Waals surface area contributed by atoms with Crippen LogP contribution in [-0.2, 0) is 37.8 Å². The molecule has 14 heteroatoms. The molecular formula is C44H51N5O8Si. The van der Waals surface area contributed by atoms with Crippen molar-refractivity contribution >= 4 is 48.0 Å². The number of amides is 3. The molecule has 2 fully saturated rings. The van der Waals surface area contributed by atoms with Crippen LogP contribution in [0.15, 0.2) is 97.1 Å². The number of carbonyl (C=O) groups excluding carboxylic acids is 3. The molecule has 5 atom stereocenters. The van der Waals surface area contributed by atoms with E-state index in [-0.39, 0.29) is 61.1 Å². The molecule has 0 bridgehead atoms. The molecule has 7 rings (SSSR count). The number of nitro benzene ring substituents is 1. The number of aliphatic hydroxyl groups excluding tert-OH is 1. The number of hydrogen-bond donors (Lipinski definition) is 3. The standard InChI is InChI=1S/C44H51N5O8Si/c1-29-41(58(3,4)35-19-17-34(56-2)18-20-35)39(26-40(51)47(23-24-50)27-30-9-6-5-7-10-30)57-44(29)36-25-33(49(54)55)16-21-38(36)48(43(44)53)28-31-12-14-32(15-13-31)46-42(52)37-11-8-22-45-37/h5-7,9-10,12-21,25,29,37,39,41,45,50H,8,11,22-24,26-28H2,1-4H3,(H,46,52)/t29-,37+,39+,41-,44+/m0/s1. The molecule has 2 saturated heterocycles. The molecule has 1 spiro atoms. The SMILES string of the molecule is COc1ccc([Si](C)(C)[C@@H]2[C@@H](CC(=O)N(CCO)Cc3ccccc3)O[C@]3(C(=O)N(Cc4ccc(NC(=O)[C@H]5CCCN5)cc4)c4ccc([N+](=O)[O-])cc43)[C@H]2C)cc1. The lowest BCUT2D eigenvalue weighted by Crippen LogP contribution is -2.52. The number of carbonyl (C=O) groups is 3. The van der Waals surface area contributed by atoms with Crippen LogP contribution in [0.3, 0.4) is 0 Å². The van der Waals surface area contributed by atoms with Gasteiger partial charge in [0.05, 0.1) is 57.5 Å². The number of ether oxygens (including phenoxy) is 2. The number of nitro groups is 1. The fraction of sp³-hybridized carbons (Fsp3) is 0.386. The van der Waals surface area contributed by atoms with E-state index < -0.39 is 30.6 Å². The van der Waals surface area contributed by atoms with E-state index >= 15 is 4.79 Å². The van der Waals surface area contributed by atoms with Crippen molar-refractivity contribution in [2.45, 2.75) is 75.7 Å². The summed E-state index contributed by atoms with van der Waals surface area (Å²) in [5, 5.41) is 29.5. The van der Waals surface area contributed by atoms with Crippen LogP contribution in [0.2, 0.25) is 18.6 Å². The van der Waals surface area contributed by atoms with Gasteiger partial charge in [0.25, 0.3) is 11.6 Å². The Morgan fingerprint density at radius 1 is 1.05 bits per heavy atom. The molecule has 4 aromatic rings. The zero-order chi connectivity index (χ0) is 41.2. The van der Waals surface area contributed by atoms with Gasteiger partial charge >= 0.3 is 0 Å². The molecule has 0 unspecified atom stereocenters. The number of hydrogen-bond acceptors (Lipinski definition) is 9. The molecule has 0 radical (unpaired) electrons. The second-order valence-electron chi connectivity index (χ2n) is 16.1. The number of benzene rings is 4. The quantitative estimate of drug-likeness (QED) is 0.0853. The maximum atomic E-state index is 15.3. The predicted octanol–water partition coefficient (Wildman–Crippen LogP) is 5.47. The molecule has 13 nitrogen and oxygen atoms in total. The Hall–Kier alpha value is -5.41. The summed E-state index contributed by atoms with van der Waals surface area (Å²) in [6.45, 7) is 7.53. The number of fused-ring (bicyclic) bond motifs is 2. The first-order chi connectivity index (χ1) is 27.9. The van der Waals surface area contributed by atoms with Crippen molar-refractivity contribution in [1.82, 2.24) is 10.2 Å². The van der Waals surface area contributed by atoms with Crippen LogP contribution in [0.4, 0.5) is 17.1 Å². The molecule has 3 N–H and O–H groups in total. The summed E-state index contributed by atoms with van der Waals surface area (Å²) in [6.07, 6.45) is 0.934. The molecule has 0 aliphatic carbocycles. The second kappa shape index (κ2) is 16.8. The Bertz CT molecular complexity index is 2150. The van der Waals surface area contributed by atoms with Crippen molar-refractivity contribution in [2.75, 3.05) is 37.0 Å². The van der Waals surface area contributed by atoms with Crippen molar-refractivity contribution in [3.05, 3.63) is 124 Å². The van der Waals surface area contributed by atoms with Gasteiger partial charge < -0.3 is 35.0 Å². The third kappa shape index (κ3) is 7.76. The van der Waals surface area contributed by atoms with Crippen molar-refractivity contribution < 1.29 is 33.9 Å². The Kier molecular flexibility index (Phi) is 11.8. The minimum atomic E-state index is -2.65. The zero-order valence-corrected chi connectivity index (χ0v) is 34.4. The van der Waals surface area contributed by atoms with Gasteiger partial charge in [0.2, 0.25) is 11.8 Å². The van der Waals surface area contributed by atoms with E-state index in [1.165, 1.54) is 12.1 Å². The fourth-order valence-electron chi connectivity index (χ4n) is 9.30. The van der Waals surface area contributed by atoms with E-state index in [4.69, 9.17) is 9.47 Å². The minimum Gasteiger partial charge on any atom is -0.497 e. The van der Waals surface area contributed by atoms with Gasteiger partial charge in [0, 0.05) is 42.4 Å².